The maximum Gasteiger partial charge on any atom is 0.448 e. The lowest BCUT2D eigenvalue weighted by molar-refractivity contribution is -0.149. The molecule has 0 N–H and O–H groups in total. The van der Waals surface area contributed by atoms with Crippen molar-refractivity contribution in [1.29, 1.82) is 5.26 Å². The molecule has 1 aliphatic carbocycles. The Morgan fingerprint density at radius 3 is 2.47 bits per heavy atom. The molecule has 9 heteroatoms. The highest BCUT2D eigenvalue weighted by molar-refractivity contribution is 5.78. The van der Waals surface area contributed by atoms with Crippen molar-refractivity contribution in [2.45, 2.75) is 33.1 Å². The van der Waals surface area contributed by atoms with Crippen molar-refractivity contribution in [2.24, 2.45) is 17.3 Å². The summed E-state index contributed by atoms with van der Waals surface area (Å²) in [6, 6.07) is 13.8. The van der Waals surface area contributed by atoms with E-state index in [2.05, 4.69) is 0 Å². The Morgan fingerprint density at radius 2 is 1.88 bits per heavy atom. The summed E-state index contributed by atoms with van der Waals surface area (Å²) >= 11 is 0. The van der Waals surface area contributed by atoms with Crippen molar-refractivity contribution >= 4 is 5.97 Å². The summed E-state index contributed by atoms with van der Waals surface area (Å²) in [5.41, 5.74) is -0.659. The number of para-hydroxylation sites is 1. The number of alkyl halides is 3. The van der Waals surface area contributed by atoms with Crippen LogP contribution < -0.4 is 4.74 Å². The Morgan fingerprint density at radius 1 is 1.21 bits per heavy atom. The Balaban J connectivity index is 1.77. The van der Waals surface area contributed by atoms with E-state index in [0.29, 0.717) is 5.75 Å². The summed E-state index contributed by atoms with van der Waals surface area (Å²) in [7, 11) is 0. The van der Waals surface area contributed by atoms with Crippen LogP contribution in [0.1, 0.15) is 32.4 Å². The summed E-state index contributed by atoms with van der Waals surface area (Å²) in [5, 5.41) is 9.56. The van der Waals surface area contributed by atoms with Crippen LogP contribution in [-0.2, 0) is 14.3 Å². The molecule has 0 bridgehead atoms. The lowest BCUT2D eigenvalue weighted by atomic mass is 10.1. The Hall–Kier alpha value is -3.54. The van der Waals surface area contributed by atoms with Crippen molar-refractivity contribution in [3.8, 4) is 17.6 Å². The zero-order chi connectivity index (χ0) is 25.1. The van der Waals surface area contributed by atoms with Crippen LogP contribution >= 0.6 is 0 Å². The first-order chi connectivity index (χ1) is 16.0. The van der Waals surface area contributed by atoms with Gasteiger partial charge in [0.2, 0.25) is 6.10 Å². The fourth-order valence-electron chi connectivity index (χ4n) is 3.72. The summed E-state index contributed by atoms with van der Waals surface area (Å²) in [6.45, 7) is 4.51. The molecule has 0 spiro atoms. The number of carbonyl (C=O) groups excluding carboxylic acids is 1. The van der Waals surface area contributed by atoms with Gasteiger partial charge in [0, 0.05) is 11.5 Å². The second-order valence-corrected chi connectivity index (χ2v) is 8.34. The lowest BCUT2D eigenvalue weighted by Crippen LogP contribution is -2.16. The second-order valence-electron chi connectivity index (χ2n) is 8.34. The van der Waals surface area contributed by atoms with Gasteiger partial charge in [0.15, 0.2) is 17.3 Å². The van der Waals surface area contributed by atoms with E-state index in [-0.39, 0.29) is 17.9 Å². The van der Waals surface area contributed by atoms with Gasteiger partial charge in [-0.3, -0.25) is 4.79 Å². The number of esters is 1. The first kappa shape index (κ1) is 25.1. The van der Waals surface area contributed by atoms with Crippen molar-refractivity contribution in [3.05, 3.63) is 71.7 Å². The molecule has 180 valence electrons. The second kappa shape index (κ2) is 9.75. The molecular weight excluding hydrogens is 454 g/mol. The molecule has 5 nitrogen and oxygen atoms in total. The van der Waals surface area contributed by atoms with E-state index in [1.807, 2.05) is 6.07 Å². The quantitative estimate of drug-likeness (QED) is 0.247. The van der Waals surface area contributed by atoms with Crippen LogP contribution in [0, 0.1) is 34.4 Å². The van der Waals surface area contributed by atoms with Crippen LogP contribution in [0.15, 0.2) is 60.4 Å². The van der Waals surface area contributed by atoms with E-state index in [4.69, 9.17) is 14.2 Å². The van der Waals surface area contributed by atoms with Gasteiger partial charge in [0.25, 0.3) is 0 Å². The molecule has 34 heavy (non-hydrogen) atoms. The lowest BCUT2D eigenvalue weighted by Gasteiger charge is -2.14. The van der Waals surface area contributed by atoms with Gasteiger partial charge >= 0.3 is 12.1 Å². The summed E-state index contributed by atoms with van der Waals surface area (Å²) in [4.78, 5) is 12.8. The van der Waals surface area contributed by atoms with Crippen molar-refractivity contribution in [1.82, 2.24) is 0 Å². The molecule has 1 saturated carbocycles. The molecule has 1 aliphatic rings. The first-order valence-electron chi connectivity index (χ1n) is 10.5. The monoisotopic (exact) mass is 477 g/mol. The zero-order valence-corrected chi connectivity index (χ0v) is 18.7. The third-order valence-corrected chi connectivity index (χ3v) is 5.66. The van der Waals surface area contributed by atoms with E-state index < -0.39 is 47.1 Å². The molecule has 2 aromatic rings. The molecule has 3 atom stereocenters. The molecule has 0 aromatic heterocycles. The van der Waals surface area contributed by atoms with Gasteiger partial charge in [0.05, 0.1) is 12.5 Å². The number of hydrogen-bond donors (Lipinski definition) is 0. The standard InChI is InChI=1S/C25H23F4NO4/c1-4-32-21(25(27,28)29)13-17-22(24(17,2)3)23(31)34-20(14-30)15-10-11-18(26)19(12-15)33-16-8-6-5-7-9-16/h5-13,17,20,22H,4H2,1-3H3/b21-13+. The van der Waals surface area contributed by atoms with E-state index in [1.54, 1.807) is 44.2 Å². The van der Waals surface area contributed by atoms with Crippen molar-refractivity contribution in [2.75, 3.05) is 6.61 Å². The van der Waals surface area contributed by atoms with Crippen LogP contribution in [0.25, 0.3) is 0 Å². The highest BCUT2D eigenvalue weighted by atomic mass is 19.4. The van der Waals surface area contributed by atoms with Crippen molar-refractivity contribution < 1.29 is 36.6 Å². The number of rotatable bonds is 8. The largest absolute Gasteiger partial charge is 0.489 e. The van der Waals surface area contributed by atoms with Crippen LogP contribution in [0.3, 0.4) is 0 Å². The topological polar surface area (TPSA) is 68.5 Å². The molecular formula is C25H23F4NO4. The number of allylic oxidation sites excluding steroid dienone is 2. The van der Waals surface area contributed by atoms with Crippen molar-refractivity contribution in [3.63, 3.8) is 0 Å². The minimum atomic E-state index is -4.69. The fourth-order valence-corrected chi connectivity index (χ4v) is 3.72. The Kier molecular flexibility index (Phi) is 7.20. The smallest absolute Gasteiger partial charge is 0.448 e. The van der Waals surface area contributed by atoms with E-state index in [1.165, 1.54) is 19.1 Å². The molecule has 0 aliphatic heterocycles. The third kappa shape index (κ3) is 5.50. The number of hydrogen-bond acceptors (Lipinski definition) is 5. The van der Waals surface area contributed by atoms with Gasteiger partial charge in [0.1, 0.15) is 11.8 Å². The number of ether oxygens (including phenoxy) is 3. The SMILES string of the molecule is CCO/C(=C/C1C(C(=O)OC(C#N)c2ccc(F)c(Oc3ccccc3)c2)C1(C)C)C(F)(F)F. The van der Waals surface area contributed by atoms with E-state index in [0.717, 1.165) is 12.1 Å². The number of benzene rings is 2. The number of halogens is 4. The fraction of sp³-hybridized carbons (Fsp3) is 0.360. The number of nitrogens with zero attached hydrogens (tertiary/aromatic N) is 1. The maximum absolute atomic E-state index is 14.2. The minimum absolute atomic E-state index is 0.166. The molecule has 3 unspecified atom stereocenters. The highest BCUT2D eigenvalue weighted by Gasteiger charge is 2.63. The van der Waals surface area contributed by atoms with Gasteiger partial charge in [-0.2, -0.15) is 18.4 Å². The predicted octanol–water partition coefficient (Wildman–Crippen LogP) is 6.48. The molecule has 0 heterocycles. The molecule has 0 saturated heterocycles. The van der Waals surface area contributed by atoms with E-state index in [9.17, 15) is 27.6 Å². The van der Waals surface area contributed by atoms with Gasteiger partial charge < -0.3 is 14.2 Å². The van der Waals surface area contributed by atoms with Crippen LogP contribution in [0.2, 0.25) is 0 Å². The molecule has 0 amide bonds. The van der Waals surface area contributed by atoms with Gasteiger partial charge in [-0.25, -0.2) is 4.39 Å². The Labute approximate surface area is 194 Å². The van der Waals surface area contributed by atoms with E-state index >= 15 is 0 Å². The normalized spacial score (nSPS) is 20.1. The highest BCUT2D eigenvalue weighted by Crippen LogP contribution is 2.60. The summed E-state index contributed by atoms with van der Waals surface area (Å²) < 4.78 is 69.3. The van der Waals surface area contributed by atoms with Gasteiger partial charge in [-0.15, -0.1) is 0 Å². The molecule has 3 rings (SSSR count). The van der Waals surface area contributed by atoms with Crippen LogP contribution in [0.5, 0.6) is 11.5 Å². The minimum Gasteiger partial charge on any atom is -0.489 e. The zero-order valence-electron chi connectivity index (χ0n) is 18.7. The number of carbonyl (C=O) groups is 1. The van der Waals surface area contributed by atoms with Gasteiger partial charge in [-0.1, -0.05) is 38.1 Å². The predicted molar refractivity (Wildman–Crippen MR) is 114 cm³/mol. The first-order valence-corrected chi connectivity index (χ1v) is 10.5. The Bertz CT molecular complexity index is 1110. The maximum atomic E-state index is 14.2. The molecule has 0 radical (unpaired) electrons. The average Bonchev–Trinajstić information content (AvgIpc) is 3.33. The van der Waals surface area contributed by atoms with Crippen LogP contribution in [0.4, 0.5) is 17.6 Å². The number of nitriles is 1. The summed E-state index contributed by atoms with van der Waals surface area (Å²) in [6.07, 6.45) is -5.21. The molecule has 1 fully saturated rings. The van der Waals surface area contributed by atoms with Gasteiger partial charge in [-0.05, 0) is 42.7 Å². The summed E-state index contributed by atoms with van der Waals surface area (Å²) in [5.74, 6) is -4.16. The van der Waals surface area contributed by atoms with Crippen LogP contribution in [-0.4, -0.2) is 18.8 Å². The molecule has 2 aromatic carbocycles. The third-order valence-electron chi connectivity index (χ3n) is 5.66. The average molecular weight is 477 g/mol.